The molecule has 0 aliphatic carbocycles. The van der Waals surface area contributed by atoms with Gasteiger partial charge in [-0.05, 0) is 18.1 Å². The standard InChI is InChI=1S/C13H24N2O2/c1-3-6-15-7-4-13(12-15)11-14-5-8-17-10-9-16-2/h4,7,12,14H,3,5-6,8-11H2,1-2H3. The van der Waals surface area contributed by atoms with Crippen LogP contribution in [0.25, 0.3) is 0 Å². The first-order chi connectivity index (χ1) is 8.36. The fourth-order valence-electron chi connectivity index (χ4n) is 1.61. The van der Waals surface area contributed by atoms with E-state index in [-0.39, 0.29) is 0 Å². The van der Waals surface area contributed by atoms with Crippen molar-refractivity contribution in [3.8, 4) is 0 Å². The van der Waals surface area contributed by atoms with Gasteiger partial charge in [-0.15, -0.1) is 0 Å². The summed E-state index contributed by atoms with van der Waals surface area (Å²) in [4.78, 5) is 0. The highest BCUT2D eigenvalue weighted by Crippen LogP contribution is 2.01. The molecular weight excluding hydrogens is 216 g/mol. The van der Waals surface area contributed by atoms with E-state index in [0.29, 0.717) is 13.2 Å². The molecule has 0 fully saturated rings. The van der Waals surface area contributed by atoms with E-state index >= 15 is 0 Å². The Morgan fingerprint density at radius 1 is 1.29 bits per heavy atom. The van der Waals surface area contributed by atoms with Crippen molar-refractivity contribution in [2.75, 3.05) is 33.5 Å². The lowest BCUT2D eigenvalue weighted by Crippen LogP contribution is -2.19. The molecule has 17 heavy (non-hydrogen) atoms. The SMILES string of the molecule is CCCn1ccc(CNCCOCCOC)c1. The molecule has 0 radical (unpaired) electrons. The number of methoxy groups -OCH3 is 1. The maximum Gasteiger partial charge on any atom is 0.0700 e. The Balaban J connectivity index is 2.01. The van der Waals surface area contributed by atoms with Crippen molar-refractivity contribution >= 4 is 0 Å². The van der Waals surface area contributed by atoms with Gasteiger partial charge in [0.1, 0.15) is 0 Å². The molecule has 0 saturated carbocycles. The van der Waals surface area contributed by atoms with Gasteiger partial charge in [-0.3, -0.25) is 0 Å². The van der Waals surface area contributed by atoms with Gasteiger partial charge in [0.15, 0.2) is 0 Å². The summed E-state index contributed by atoms with van der Waals surface area (Å²) in [6, 6.07) is 2.16. The van der Waals surface area contributed by atoms with Crippen LogP contribution in [-0.4, -0.2) is 38.0 Å². The zero-order valence-electron chi connectivity index (χ0n) is 10.9. The normalized spacial score (nSPS) is 10.9. The molecule has 0 aliphatic rings. The lowest BCUT2D eigenvalue weighted by atomic mass is 10.3. The highest BCUT2D eigenvalue weighted by atomic mass is 16.5. The second kappa shape index (κ2) is 9.22. The van der Waals surface area contributed by atoms with Crippen LogP contribution >= 0.6 is 0 Å². The number of aryl methyl sites for hydroxylation is 1. The van der Waals surface area contributed by atoms with Crippen molar-refractivity contribution in [1.82, 2.24) is 9.88 Å². The van der Waals surface area contributed by atoms with E-state index in [4.69, 9.17) is 9.47 Å². The molecule has 1 rings (SSSR count). The quantitative estimate of drug-likeness (QED) is 0.632. The van der Waals surface area contributed by atoms with Gasteiger partial charge in [-0.25, -0.2) is 0 Å². The Kier molecular flexibility index (Phi) is 7.71. The maximum absolute atomic E-state index is 5.36. The van der Waals surface area contributed by atoms with Crippen LogP contribution in [-0.2, 0) is 22.6 Å². The number of hydrogen-bond acceptors (Lipinski definition) is 3. The predicted octanol–water partition coefficient (Wildman–Crippen LogP) is 1.65. The molecule has 0 atom stereocenters. The molecule has 4 heteroatoms. The van der Waals surface area contributed by atoms with Crippen molar-refractivity contribution < 1.29 is 9.47 Å². The number of ether oxygens (including phenoxy) is 2. The van der Waals surface area contributed by atoms with Gasteiger partial charge in [0, 0.05) is 39.1 Å². The minimum absolute atomic E-state index is 0.667. The fourth-order valence-corrected chi connectivity index (χ4v) is 1.61. The molecule has 98 valence electrons. The van der Waals surface area contributed by atoms with Crippen LogP contribution in [0.3, 0.4) is 0 Å². The molecule has 1 aromatic heterocycles. The summed E-state index contributed by atoms with van der Waals surface area (Å²) in [6.07, 6.45) is 5.51. The lowest BCUT2D eigenvalue weighted by Gasteiger charge is -2.05. The van der Waals surface area contributed by atoms with E-state index in [1.165, 1.54) is 12.0 Å². The van der Waals surface area contributed by atoms with E-state index in [2.05, 4.69) is 35.3 Å². The number of aromatic nitrogens is 1. The third kappa shape index (κ3) is 6.46. The van der Waals surface area contributed by atoms with Gasteiger partial charge in [0.25, 0.3) is 0 Å². The average Bonchev–Trinajstić information content (AvgIpc) is 2.76. The third-order valence-corrected chi connectivity index (χ3v) is 2.48. The Labute approximate surface area is 104 Å². The first-order valence-electron chi connectivity index (χ1n) is 6.29. The van der Waals surface area contributed by atoms with Crippen LogP contribution in [0.1, 0.15) is 18.9 Å². The number of nitrogens with zero attached hydrogens (tertiary/aromatic N) is 1. The van der Waals surface area contributed by atoms with Crippen molar-refractivity contribution in [3.63, 3.8) is 0 Å². The minimum atomic E-state index is 0.667. The maximum atomic E-state index is 5.36. The van der Waals surface area contributed by atoms with Gasteiger partial charge in [0.2, 0.25) is 0 Å². The first-order valence-corrected chi connectivity index (χ1v) is 6.29. The summed E-state index contributed by atoms with van der Waals surface area (Å²) in [5.74, 6) is 0. The van der Waals surface area contributed by atoms with Crippen LogP contribution in [0.4, 0.5) is 0 Å². The van der Waals surface area contributed by atoms with Gasteiger partial charge < -0.3 is 19.4 Å². The first kappa shape index (κ1) is 14.2. The summed E-state index contributed by atoms with van der Waals surface area (Å²) < 4.78 is 12.5. The largest absolute Gasteiger partial charge is 0.382 e. The van der Waals surface area contributed by atoms with Crippen molar-refractivity contribution in [1.29, 1.82) is 0 Å². The second-order valence-electron chi connectivity index (χ2n) is 4.04. The molecule has 0 aromatic carbocycles. The Bertz CT molecular complexity index is 287. The van der Waals surface area contributed by atoms with Gasteiger partial charge >= 0.3 is 0 Å². The Hall–Kier alpha value is -0.840. The van der Waals surface area contributed by atoms with Gasteiger partial charge in [0.05, 0.1) is 19.8 Å². The predicted molar refractivity (Wildman–Crippen MR) is 69.1 cm³/mol. The molecule has 0 amide bonds. The van der Waals surface area contributed by atoms with Crippen LogP contribution < -0.4 is 5.32 Å². The van der Waals surface area contributed by atoms with Crippen molar-refractivity contribution in [2.45, 2.75) is 26.4 Å². The van der Waals surface area contributed by atoms with Crippen LogP contribution in [0.2, 0.25) is 0 Å². The number of hydrogen-bond donors (Lipinski definition) is 1. The van der Waals surface area contributed by atoms with E-state index in [1.54, 1.807) is 7.11 Å². The van der Waals surface area contributed by atoms with Crippen LogP contribution in [0.15, 0.2) is 18.5 Å². The topological polar surface area (TPSA) is 35.4 Å². The summed E-state index contributed by atoms with van der Waals surface area (Å²) >= 11 is 0. The summed E-state index contributed by atoms with van der Waals surface area (Å²) in [5.41, 5.74) is 1.33. The molecular formula is C13H24N2O2. The summed E-state index contributed by atoms with van der Waals surface area (Å²) in [6.45, 7) is 7.15. The monoisotopic (exact) mass is 240 g/mol. The van der Waals surface area contributed by atoms with E-state index in [1.807, 2.05) is 0 Å². The third-order valence-electron chi connectivity index (χ3n) is 2.48. The minimum Gasteiger partial charge on any atom is -0.382 e. The zero-order valence-corrected chi connectivity index (χ0v) is 10.9. The molecule has 0 unspecified atom stereocenters. The molecule has 0 aliphatic heterocycles. The molecule has 0 saturated heterocycles. The van der Waals surface area contributed by atoms with Gasteiger partial charge in [-0.1, -0.05) is 6.92 Å². The molecule has 1 heterocycles. The summed E-state index contributed by atoms with van der Waals surface area (Å²) in [7, 11) is 1.68. The Morgan fingerprint density at radius 2 is 2.18 bits per heavy atom. The average molecular weight is 240 g/mol. The van der Waals surface area contributed by atoms with Crippen LogP contribution in [0.5, 0.6) is 0 Å². The van der Waals surface area contributed by atoms with Gasteiger partial charge in [-0.2, -0.15) is 0 Å². The molecule has 0 bridgehead atoms. The van der Waals surface area contributed by atoms with Crippen molar-refractivity contribution in [2.24, 2.45) is 0 Å². The van der Waals surface area contributed by atoms with E-state index < -0.39 is 0 Å². The molecule has 1 N–H and O–H groups in total. The highest BCUT2D eigenvalue weighted by Gasteiger charge is 1.96. The van der Waals surface area contributed by atoms with Crippen molar-refractivity contribution in [3.05, 3.63) is 24.0 Å². The second-order valence-corrected chi connectivity index (χ2v) is 4.04. The smallest absolute Gasteiger partial charge is 0.0700 e. The highest BCUT2D eigenvalue weighted by molar-refractivity contribution is 5.09. The Morgan fingerprint density at radius 3 is 2.94 bits per heavy atom. The van der Waals surface area contributed by atoms with Crippen LogP contribution in [0, 0.1) is 0 Å². The molecule has 1 aromatic rings. The number of nitrogens with one attached hydrogen (secondary N) is 1. The van der Waals surface area contributed by atoms with E-state index in [0.717, 1.165) is 26.2 Å². The fraction of sp³-hybridized carbons (Fsp3) is 0.692. The van der Waals surface area contributed by atoms with E-state index in [9.17, 15) is 0 Å². The lowest BCUT2D eigenvalue weighted by molar-refractivity contribution is 0.0719. The summed E-state index contributed by atoms with van der Waals surface area (Å²) in [5, 5.41) is 3.35. The number of rotatable bonds is 10. The molecule has 4 nitrogen and oxygen atoms in total. The zero-order chi connectivity index (χ0) is 12.3. The molecule has 0 spiro atoms.